The van der Waals surface area contributed by atoms with E-state index in [1.54, 1.807) is 7.05 Å². The van der Waals surface area contributed by atoms with Crippen LogP contribution in [0.25, 0.3) is 0 Å². The molecule has 4 unspecified atom stereocenters. The van der Waals surface area contributed by atoms with E-state index in [0.29, 0.717) is 24.5 Å². The molecule has 6 nitrogen and oxygen atoms in total. The Kier molecular flexibility index (Phi) is 3.83. The second kappa shape index (κ2) is 5.62. The van der Waals surface area contributed by atoms with Crippen LogP contribution >= 0.6 is 0 Å². The van der Waals surface area contributed by atoms with Gasteiger partial charge in [-0.3, -0.25) is 4.99 Å². The second-order valence-electron chi connectivity index (χ2n) is 7.62. The molecule has 0 bridgehead atoms. The van der Waals surface area contributed by atoms with Gasteiger partial charge in [-0.15, -0.1) is 0 Å². The summed E-state index contributed by atoms with van der Waals surface area (Å²) >= 11 is 0. The van der Waals surface area contributed by atoms with Gasteiger partial charge in [-0.25, -0.2) is 8.42 Å². The van der Waals surface area contributed by atoms with Gasteiger partial charge in [0.15, 0.2) is 15.8 Å². The van der Waals surface area contributed by atoms with Crippen LogP contribution in [0.1, 0.15) is 38.5 Å². The first-order valence-electron chi connectivity index (χ1n) is 8.86. The van der Waals surface area contributed by atoms with Crippen LogP contribution in [0, 0.1) is 11.3 Å². The molecule has 2 N–H and O–H groups in total. The van der Waals surface area contributed by atoms with E-state index in [-0.39, 0.29) is 23.0 Å². The van der Waals surface area contributed by atoms with Crippen LogP contribution in [0.15, 0.2) is 4.99 Å². The lowest BCUT2D eigenvalue weighted by molar-refractivity contribution is -0.125. The Morgan fingerprint density at radius 1 is 1.22 bits per heavy atom. The zero-order valence-electron chi connectivity index (χ0n) is 13.8. The van der Waals surface area contributed by atoms with Gasteiger partial charge < -0.3 is 15.4 Å². The standard InChI is InChI=1S/C16H27N3O3S/c1-17-15(18-11-5-9-23(20,21)10-11)19-13-12-4-8-22-14(12)16(13)6-2-3-7-16/h11-14H,2-10H2,1H3,(H2,17,18,19). The number of aliphatic imine (C=N–C) groups is 1. The lowest BCUT2D eigenvalue weighted by atomic mass is 9.54. The Hall–Kier alpha value is -0.820. The molecule has 0 aromatic heterocycles. The fourth-order valence-electron chi connectivity index (χ4n) is 5.32. The summed E-state index contributed by atoms with van der Waals surface area (Å²) in [6.45, 7) is 0.877. The lowest BCUT2D eigenvalue weighted by Crippen LogP contribution is -2.69. The maximum atomic E-state index is 11.6. The first-order chi connectivity index (χ1) is 11.0. The number of hydrogen-bond acceptors (Lipinski definition) is 4. The average Bonchev–Trinajstić information content (AvgIpc) is 3.21. The van der Waals surface area contributed by atoms with Gasteiger partial charge >= 0.3 is 0 Å². The van der Waals surface area contributed by atoms with E-state index >= 15 is 0 Å². The summed E-state index contributed by atoms with van der Waals surface area (Å²) in [5, 5.41) is 6.95. The number of guanidine groups is 1. The maximum absolute atomic E-state index is 11.6. The summed E-state index contributed by atoms with van der Waals surface area (Å²) in [7, 11) is -1.11. The van der Waals surface area contributed by atoms with E-state index in [9.17, 15) is 8.42 Å². The highest BCUT2D eigenvalue weighted by atomic mass is 32.2. The predicted octanol–water partition coefficient (Wildman–Crippen LogP) is 0.686. The average molecular weight is 341 g/mol. The highest BCUT2D eigenvalue weighted by Crippen LogP contribution is 2.60. The molecule has 2 heterocycles. The quantitative estimate of drug-likeness (QED) is 0.570. The van der Waals surface area contributed by atoms with Gasteiger partial charge in [0, 0.05) is 37.1 Å². The summed E-state index contributed by atoms with van der Waals surface area (Å²) in [5.74, 6) is 1.85. The van der Waals surface area contributed by atoms with Crippen molar-refractivity contribution in [3.63, 3.8) is 0 Å². The molecule has 4 fully saturated rings. The molecule has 2 aliphatic heterocycles. The minimum atomic E-state index is -2.87. The number of fused-ring (bicyclic) bond motifs is 2. The van der Waals surface area contributed by atoms with Crippen LogP contribution in [0.2, 0.25) is 0 Å². The highest BCUT2D eigenvalue weighted by molar-refractivity contribution is 7.91. The molecule has 1 spiro atoms. The summed E-state index contributed by atoms with van der Waals surface area (Å²) in [4.78, 5) is 4.35. The summed E-state index contributed by atoms with van der Waals surface area (Å²) < 4.78 is 29.3. The van der Waals surface area contributed by atoms with Crippen molar-refractivity contribution in [3.8, 4) is 0 Å². The van der Waals surface area contributed by atoms with Crippen molar-refractivity contribution >= 4 is 15.8 Å². The molecule has 0 amide bonds. The number of hydrogen-bond donors (Lipinski definition) is 2. The summed E-state index contributed by atoms with van der Waals surface area (Å²) in [6.07, 6.45) is 7.27. The van der Waals surface area contributed by atoms with Gasteiger partial charge in [-0.2, -0.15) is 0 Å². The number of rotatable bonds is 2. The fraction of sp³-hybridized carbons (Fsp3) is 0.938. The van der Waals surface area contributed by atoms with E-state index in [1.165, 1.54) is 25.7 Å². The van der Waals surface area contributed by atoms with Gasteiger partial charge in [0.2, 0.25) is 0 Å². The molecule has 0 radical (unpaired) electrons. The number of nitrogens with zero attached hydrogens (tertiary/aromatic N) is 1. The van der Waals surface area contributed by atoms with E-state index in [4.69, 9.17) is 4.74 Å². The molecule has 7 heteroatoms. The van der Waals surface area contributed by atoms with Crippen LogP contribution in [0.4, 0.5) is 0 Å². The number of ether oxygens (including phenoxy) is 1. The van der Waals surface area contributed by atoms with Crippen molar-refractivity contribution in [2.45, 2.75) is 56.7 Å². The molecule has 0 aromatic carbocycles. The van der Waals surface area contributed by atoms with Crippen LogP contribution in [0.3, 0.4) is 0 Å². The molecule has 4 aliphatic rings. The lowest BCUT2D eigenvalue weighted by Gasteiger charge is -2.57. The van der Waals surface area contributed by atoms with E-state index < -0.39 is 9.84 Å². The van der Waals surface area contributed by atoms with Gasteiger partial charge in [0.25, 0.3) is 0 Å². The smallest absolute Gasteiger partial charge is 0.191 e. The Balaban J connectivity index is 1.43. The maximum Gasteiger partial charge on any atom is 0.191 e. The topological polar surface area (TPSA) is 79.8 Å². The van der Waals surface area contributed by atoms with Gasteiger partial charge in [0.1, 0.15) is 0 Å². The summed E-state index contributed by atoms with van der Waals surface area (Å²) in [6, 6.07) is 0.406. The molecule has 2 aliphatic carbocycles. The minimum Gasteiger partial charge on any atom is -0.377 e. The molecule has 2 saturated carbocycles. The Morgan fingerprint density at radius 3 is 2.65 bits per heavy atom. The van der Waals surface area contributed by atoms with Crippen molar-refractivity contribution in [1.29, 1.82) is 0 Å². The molecule has 0 aromatic rings. The van der Waals surface area contributed by atoms with Gasteiger partial charge in [-0.1, -0.05) is 12.8 Å². The van der Waals surface area contributed by atoms with E-state index in [1.807, 2.05) is 0 Å². The number of nitrogens with one attached hydrogen (secondary N) is 2. The largest absolute Gasteiger partial charge is 0.377 e. The van der Waals surface area contributed by atoms with Crippen molar-refractivity contribution in [2.75, 3.05) is 25.2 Å². The second-order valence-corrected chi connectivity index (χ2v) is 9.85. The molecule has 130 valence electrons. The first kappa shape index (κ1) is 15.7. The van der Waals surface area contributed by atoms with Crippen molar-refractivity contribution < 1.29 is 13.2 Å². The monoisotopic (exact) mass is 341 g/mol. The van der Waals surface area contributed by atoms with Crippen LogP contribution < -0.4 is 10.6 Å². The van der Waals surface area contributed by atoms with Gasteiger partial charge in [-0.05, 0) is 25.7 Å². The van der Waals surface area contributed by atoms with Crippen LogP contribution in [-0.2, 0) is 14.6 Å². The molecule has 2 saturated heterocycles. The minimum absolute atomic E-state index is 0.0126. The Morgan fingerprint density at radius 2 is 2.00 bits per heavy atom. The van der Waals surface area contributed by atoms with Crippen molar-refractivity contribution in [3.05, 3.63) is 0 Å². The molecule has 4 atom stereocenters. The molecule has 23 heavy (non-hydrogen) atoms. The zero-order valence-corrected chi connectivity index (χ0v) is 14.6. The Bertz CT molecular complexity index is 598. The van der Waals surface area contributed by atoms with Crippen molar-refractivity contribution in [2.24, 2.45) is 16.3 Å². The molecule has 4 rings (SSSR count). The first-order valence-corrected chi connectivity index (χ1v) is 10.7. The third-order valence-corrected chi connectivity index (χ3v) is 8.14. The molecular formula is C16H27N3O3S. The predicted molar refractivity (Wildman–Crippen MR) is 89.2 cm³/mol. The third kappa shape index (κ3) is 2.56. The molecular weight excluding hydrogens is 314 g/mol. The Labute approximate surface area is 138 Å². The van der Waals surface area contributed by atoms with Crippen LogP contribution in [0.5, 0.6) is 0 Å². The van der Waals surface area contributed by atoms with E-state index in [2.05, 4.69) is 15.6 Å². The van der Waals surface area contributed by atoms with E-state index in [0.717, 1.165) is 19.0 Å². The third-order valence-electron chi connectivity index (χ3n) is 6.38. The van der Waals surface area contributed by atoms with Crippen molar-refractivity contribution in [1.82, 2.24) is 10.6 Å². The van der Waals surface area contributed by atoms with Gasteiger partial charge in [0.05, 0.1) is 17.6 Å². The van der Waals surface area contributed by atoms with Crippen LogP contribution in [-0.4, -0.2) is 57.7 Å². The normalized spacial score (nSPS) is 40.8. The number of sulfone groups is 1. The highest BCUT2D eigenvalue weighted by Gasteiger charge is 2.65. The fourth-order valence-corrected chi connectivity index (χ4v) is 7.00. The zero-order chi connectivity index (χ0) is 16.1. The SMILES string of the molecule is CN=C(NC1CCS(=O)(=O)C1)NC1C2CCOC2C12CCCC2. The summed E-state index contributed by atoms with van der Waals surface area (Å²) in [5.41, 5.74) is 0.278.